The highest BCUT2D eigenvalue weighted by Gasteiger charge is 2.12. The van der Waals surface area contributed by atoms with Crippen LogP contribution in [0.25, 0.3) is 11.1 Å². The monoisotopic (exact) mass is 213 g/mol. The van der Waals surface area contributed by atoms with Crippen LogP contribution in [0.4, 0.5) is 0 Å². The lowest BCUT2D eigenvalue weighted by atomic mass is 10.3. The van der Waals surface area contributed by atoms with Crippen LogP contribution in [-0.4, -0.2) is 9.97 Å². The van der Waals surface area contributed by atoms with Crippen molar-refractivity contribution in [1.82, 2.24) is 9.97 Å². The van der Waals surface area contributed by atoms with Crippen molar-refractivity contribution in [3.05, 3.63) is 22.3 Å². The molecular formula is C7HCl2N3O. The van der Waals surface area contributed by atoms with Gasteiger partial charge in [0.1, 0.15) is 23.4 Å². The minimum Gasteiger partial charge on any atom is -0.458 e. The van der Waals surface area contributed by atoms with E-state index in [0.29, 0.717) is 11.1 Å². The Labute approximate surface area is 82.7 Å². The first-order valence-electron chi connectivity index (χ1n) is 3.22. The average molecular weight is 214 g/mol. The van der Waals surface area contributed by atoms with Gasteiger partial charge in [-0.15, -0.1) is 0 Å². The molecule has 2 aromatic heterocycles. The Hall–Kier alpha value is -1.31. The highest BCUT2D eigenvalue weighted by Crippen LogP contribution is 2.25. The van der Waals surface area contributed by atoms with E-state index in [2.05, 4.69) is 9.97 Å². The normalized spacial score (nSPS) is 10.2. The van der Waals surface area contributed by atoms with E-state index in [1.54, 1.807) is 0 Å². The van der Waals surface area contributed by atoms with Crippen LogP contribution in [0, 0.1) is 11.3 Å². The van der Waals surface area contributed by atoms with E-state index in [-0.39, 0.29) is 16.0 Å². The van der Waals surface area contributed by atoms with Crippen molar-refractivity contribution in [3.63, 3.8) is 0 Å². The van der Waals surface area contributed by atoms with Crippen LogP contribution in [0.3, 0.4) is 0 Å². The molecule has 0 N–H and O–H groups in total. The molecule has 0 aromatic carbocycles. The van der Waals surface area contributed by atoms with Gasteiger partial charge in [0.05, 0.1) is 0 Å². The summed E-state index contributed by atoms with van der Waals surface area (Å²) in [6, 6.07) is 1.90. The summed E-state index contributed by atoms with van der Waals surface area (Å²) in [7, 11) is 0. The molecule has 0 aliphatic heterocycles. The zero-order valence-electron chi connectivity index (χ0n) is 6.08. The molecule has 0 radical (unpaired) electrons. The SMILES string of the molecule is N#Cc1coc2c(Cl)nc(Cl)nc12. The van der Waals surface area contributed by atoms with Gasteiger partial charge in [-0.3, -0.25) is 0 Å². The Kier molecular flexibility index (Phi) is 1.83. The second kappa shape index (κ2) is 2.87. The predicted octanol–water partition coefficient (Wildman–Crippen LogP) is 2.40. The van der Waals surface area contributed by atoms with E-state index in [1.165, 1.54) is 6.26 Å². The van der Waals surface area contributed by atoms with Crippen LogP contribution >= 0.6 is 23.2 Å². The first kappa shape index (κ1) is 8.30. The summed E-state index contributed by atoms with van der Waals surface area (Å²) in [5.41, 5.74) is 0.913. The zero-order chi connectivity index (χ0) is 9.42. The first-order chi connectivity index (χ1) is 6.22. The summed E-state index contributed by atoms with van der Waals surface area (Å²) in [4.78, 5) is 7.49. The minimum absolute atomic E-state index is 0.00426. The molecule has 0 saturated heterocycles. The molecule has 2 rings (SSSR count). The number of hydrogen-bond donors (Lipinski definition) is 0. The molecule has 0 unspecified atom stereocenters. The third-order valence-corrected chi connectivity index (χ3v) is 1.89. The molecular weight excluding hydrogens is 213 g/mol. The second-order valence-corrected chi connectivity index (χ2v) is 2.92. The quantitative estimate of drug-likeness (QED) is 0.498. The number of furan rings is 1. The van der Waals surface area contributed by atoms with E-state index >= 15 is 0 Å². The molecule has 6 heteroatoms. The molecule has 0 aliphatic carbocycles. The van der Waals surface area contributed by atoms with Gasteiger partial charge in [0.2, 0.25) is 5.28 Å². The smallest absolute Gasteiger partial charge is 0.224 e. The van der Waals surface area contributed by atoms with Crippen molar-refractivity contribution in [3.8, 4) is 6.07 Å². The summed E-state index contributed by atoms with van der Waals surface area (Å²) >= 11 is 11.2. The molecule has 13 heavy (non-hydrogen) atoms. The fourth-order valence-electron chi connectivity index (χ4n) is 0.937. The molecule has 0 fully saturated rings. The van der Waals surface area contributed by atoms with Crippen molar-refractivity contribution < 1.29 is 4.42 Å². The van der Waals surface area contributed by atoms with Crippen molar-refractivity contribution in [2.75, 3.05) is 0 Å². The van der Waals surface area contributed by atoms with Crippen LogP contribution in [0.5, 0.6) is 0 Å². The topological polar surface area (TPSA) is 62.7 Å². The van der Waals surface area contributed by atoms with Gasteiger partial charge in [-0.2, -0.15) is 5.26 Å². The Bertz CT molecular complexity index is 514. The Morgan fingerprint density at radius 2 is 2.15 bits per heavy atom. The van der Waals surface area contributed by atoms with Gasteiger partial charge in [0.25, 0.3) is 0 Å². The molecule has 0 spiro atoms. The van der Waals surface area contributed by atoms with Crippen LogP contribution in [0.1, 0.15) is 5.56 Å². The van der Waals surface area contributed by atoms with Gasteiger partial charge >= 0.3 is 0 Å². The van der Waals surface area contributed by atoms with E-state index in [0.717, 1.165) is 0 Å². The molecule has 2 heterocycles. The van der Waals surface area contributed by atoms with Gasteiger partial charge in [-0.05, 0) is 11.6 Å². The van der Waals surface area contributed by atoms with Crippen LogP contribution < -0.4 is 0 Å². The third kappa shape index (κ3) is 1.22. The molecule has 0 bridgehead atoms. The predicted molar refractivity (Wildman–Crippen MR) is 46.5 cm³/mol. The summed E-state index contributed by atoms with van der Waals surface area (Å²) in [5, 5.41) is 8.75. The third-order valence-electron chi connectivity index (χ3n) is 1.47. The summed E-state index contributed by atoms with van der Waals surface area (Å²) in [6.45, 7) is 0. The lowest BCUT2D eigenvalue weighted by Gasteiger charge is -1.91. The van der Waals surface area contributed by atoms with E-state index in [1.807, 2.05) is 6.07 Å². The van der Waals surface area contributed by atoms with Crippen molar-refractivity contribution >= 4 is 34.3 Å². The van der Waals surface area contributed by atoms with Gasteiger partial charge in [-0.25, -0.2) is 9.97 Å². The number of halogens is 2. The number of nitrogens with zero attached hydrogens (tertiary/aromatic N) is 3. The summed E-state index contributed by atoms with van der Waals surface area (Å²) in [6.07, 6.45) is 1.27. The Balaban J connectivity index is 2.92. The van der Waals surface area contributed by atoms with E-state index in [4.69, 9.17) is 32.9 Å². The maximum atomic E-state index is 8.65. The first-order valence-corrected chi connectivity index (χ1v) is 3.98. The fraction of sp³-hybridized carbons (Fsp3) is 0. The molecule has 0 saturated carbocycles. The van der Waals surface area contributed by atoms with Crippen molar-refractivity contribution in [2.24, 2.45) is 0 Å². The van der Waals surface area contributed by atoms with Crippen LogP contribution in [0.2, 0.25) is 10.4 Å². The maximum Gasteiger partial charge on any atom is 0.224 e. The molecule has 64 valence electrons. The van der Waals surface area contributed by atoms with Crippen molar-refractivity contribution in [2.45, 2.75) is 0 Å². The Morgan fingerprint density at radius 3 is 2.85 bits per heavy atom. The number of rotatable bonds is 0. The second-order valence-electron chi connectivity index (χ2n) is 2.22. The van der Waals surface area contributed by atoms with E-state index < -0.39 is 0 Å². The van der Waals surface area contributed by atoms with Gasteiger partial charge in [0, 0.05) is 0 Å². The van der Waals surface area contributed by atoms with Gasteiger partial charge in [-0.1, -0.05) is 11.6 Å². The molecule has 0 atom stereocenters. The largest absolute Gasteiger partial charge is 0.458 e. The number of fused-ring (bicyclic) bond motifs is 1. The Morgan fingerprint density at radius 1 is 1.38 bits per heavy atom. The molecule has 4 nitrogen and oxygen atoms in total. The lowest BCUT2D eigenvalue weighted by molar-refractivity contribution is 0.612. The van der Waals surface area contributed by atoms with Crippen molar-refractivity contribution in [1.29, 1.82) is 5.26 Å². The van der Waals surface area contributed by atoms with Gasteiger partial charge in [0.15, 0.2) is 10.7 Å². The summed E-state index contributed by atoms with van der Waals surface area (Å²) < 4.78 is 4.99. The molecule has 2 aromatic rings. The standard InChI is InChI=1S/C7HCl2N3O/c8-6-5-4(11-7(9)12-6)3(1-10)2-13-5/h2H. The summed E-state index contributed by atoms with van der Waals surface area (Å²) in [5.74, 6) is 0. The number of nitriles is 1. The molecule has 0 amide bonds. The maximum absolute atomic E-state index is 8.65. The van der Waals surface area contributed by atoms with Crippen LogP contribution in [0.15, 0.2) is 10.7 Å². The number of aromatic nitrogens is 2. The lowest BCUT2D eigenvalue weighted by Crippen LogP contribution is -1.84. The fourth-order valence-corrected chi connectivity index (χ4v) is 1.36. The zero-order valence-corrected chi connectivity index (χ0v) is 7.60. The number of hydrogen-bond acceptors (Lipinski definition) is 4. The van der Waals surface area contributed by atoms with E-state index in [9.17, 15) is 0 Å². The average Bonchev–Trinajstić information content (AvgIpc) is 2.47. The molecule has 0 aliphatic rings. The van der Waals surface area contributed by atoms with Gasteiger partial charge < -0.3 is 4.42 Å². The highest BCUT2D eigenvalue weighted by atomic mass is 35.5. The highest BCUT2D eigenvalue weighted by molar-refractivity contribution is 6.35. The minimum atomic E-state index is -0.00426. The van der Waals surface area contributed by atoms with Crippen LogP contribution in [-0.2, 0) is 0 Å².